The van der Waals surface area contributed by atoms with Crippen LogP contribution in [0.25, 0.3) is 0 Å². The summed E-state index contributed by atoms with van der Waals surface area (Å²) in [4.78, 5) is 22.8. The Morgan fingerprint density at radius 2 is 2.20 bits per heavy atom. The molecular weight excluding hydrogens is 282 g/mol. The zero-order valence-electron chi connectivity index (χ0n) is 10.6. The largest absolute Gasteiger partial charge is 0.478 e. The number of aromatic carboxylic acids is 1. The van der Waals surface area contributed by atoms with Crippen molar-refractivity contribution in [3.63, 3.8) is 0 Å². The van der Waals surface area contributed by atoms with Crippen LogP contribution in [0.4, 0.5) is 5.69 Å². The van der Waals surface area contributed by atoms with Gasteiger partial charge >= 0.3 is 5.97 Å². The van der Waals surface area contributed by atoms with E-state index in [1.165, 1.54) is 17.1 Å². The molecule has 20 heavy (non-hydrogen) atoms. The van der Waals surface area contributed by atoms with Gasteiger partial charge in [-0.2, -0.15) is 5.10 Å². The predicted octanol–water partition coefficient (Wildman–Crippen LogP) is 2.43. The number of nitrogens with zero attached hydrogens (tertiary/aromatic N) is 2. The molecule has 2 N–H and O–H groups in total. The first kappa shape index (κ1) is 14.1. The third-order valence-corrected chi connectivity index (χ3v) is 2.95. The summed E-state index contributed by atoms with van der Waals surface area (Å²) in [5, 5.41) is 15.9. The standard InChI is InChI=1S/C13H12ClN3O3/c1-8(17-7-9(6-15-17)13(19)20)12(18)16-11-4-2-3-10(14)5-11/h2-8H,1H3,(H,16,18)(H,19,20). The van der Waals surface area contributed by atoms with Crippen LogP contribution in [0.2, 0.25) is 5.02 Å². The van der Waals surface area contributed by atoms with Crippen LogP contribution in [0.3, 0.4) is 0 Å². The van der Waals surface area contributed by atoms with Gasteiger partial charge in [0.05, 0.1) is 11.8 Å². The van der Waals surface area contributed by atoms with Gasteiger partial charge in [-0.05, 0) is 25.1 Å². The first-order chi connectivity index (χ1) is 9.47. The molecule has 1 unspecified atom stereocenters. The SMILES string of the molecule is CC(C(=O)Nc1cccc(Cl)c1)n1cc(C(=O)O)cn1. The fraction of sp³-hybridized carbons (Fsp3) is 0.154. The van der Waals surface area contributed by atoms with Gasteiger partial charge in [0.25, 0.3) is 0 Å². The number of anilines is 1. The van der Waals surface area contributed by atoms with Crippen molar-refractivity contribution < 1.29 is 14.7 Å². The molecule has 0 aliphatic heterocycles. The number of carbonyl (C=O) groups excluding carboxylic acids is 1. The summed E-state index contributed by atoms with van der Waals surface area (Å²) in [6, 6.07) is 6.12. The summed E-state index contributed by atoms with van der Waals surface area (Å²) in [5.74, 6) is -1.40. The molecule has 0 aliphatic rings. The lowest BCUT2D eigenvalue weighted by Gasteiger charge is -2.12. The average molecular weight is 294 g/mol. The Kier molecular flexibility index (Phi) is 4.05. The number of amides is 1. The summed E-state index contributed by atoms with van der Waals surface area (Å²) in [6.07, 6.45) is 2.51. The number of carbonyl (C=O) groups is 2. The highest BCUT2D eigenvalue weighted by Crippen LogP contribution is 2.16. The van der Waals surface area contributed by atoms with E-state index in [-0.39, 0.29) is 11.5 Å². The van der Waals surface area contributed by atoms with Crippen molar-refractivity contribution in [2.75, 3.05) is 5.32 Å². The molecule has 0 aliphatic carbocycles. The molecule has 1 heterocycles. The normalized spacial score (nSPS) is 11.9. The number of hydrogen-bond acceptors (Lipinski definition) is 3. The second-order valence-corrected chi connectivity index (χ2v) is 4.63. The number of aromatic nitrogens is 2. The molecule has 1 aromatic heterocycles. The van der Waals surface area contributed by atoms with Crippen LogP contribution >= 0.6 is 11.6 Å². The number of nitrogens with one attached hydrogen (secondary N) is 1. The van der Waals surface area contributed by atoms with Gasteiger partial charge in [-0.1, -0.05) is 17.7 Å². The molecule has 2 rings (SSSR count). The smallest absolute Gasteiger partial charge is 0.338 e. The van der Waals surface area contributed by atoms with Gasteiger partial charge < -0.3 is 10.4 Å². The van der Waals surface area contributed by atoms with Gasteiger partial charge in [0.1, 0.15) is 6.04 Å². The highest BCUT2D eigenvalue weighted by atomic mass is 35.5. The molecule has 1 aromatic carbocycles. The summed E-state index contributed by atoms with van der Waals surface area (Å²) >= 11 is 5.83. The topological polar surface area (TPSA) is 84.2 Å². The second kappa shape index (κ2) is 5.75. The average Bonchev–Trinajstić information content (AvgIpc) is 2.87. The van der Waals surface area contributed by atoms with Gasteiger partial charge in [0.15, 0.2) is 0 Å². The van der Waals surface area contributed by atoms with Crippen LogP contribution in [0.1, 0.15) is 23.3 Å². The van der Waals surface area contributed by atoms with Crippen LogP contribution < -0.4 is 5.32 Å². The third-order valence-electron chi connectivity index (χ3n) is 2.72. The monoisotopic (exact) mass is 293 g/mol. The number of benzene rings is 1. The van der Waals surface area contributed by atoms with E-state index in [0.717, 1.165) is 0 Å². The summed E-state index contributed by atoms with van der Waals surface area (Å²) in [6.45, 7) is 1.62. The van der Waals surface area contributed by atoms with E-state index in [2.05, 4.69) is 10.4 Å². The first-order valence-corrected chi connectivity index (χ1v) is 6.19. The van der Waals surface area contributed by atoms with Crippen molar-refractivity contribution >= 4 is 29.2 Å². The fourth-order valence-corrected chi connectivity index (χ4v) is 1.78. The maximum atomic E-state index is 12.0. The summed E-state index contributed by atoms with van der Waals surface area (Å²) in [7, 11) is 0. The van der Waals surface area contributed by atoms with Crippen molar-refractivity contribution in [2.45, 2.75) is 13.0 Å². The molecule has 0 fully saturated rings. The van der Waals surface area contributed by atoms with Crippen molar-refractivity contribution in [3.8, 4) is 0 Å². The van der Waals surface area contributed by atoms with Crippen molar-refractivity contribution in [1.29, 1.82) is 0 Å². The molecule has 2 aromatic rings. The minimum absolute atomic E-state index is 0.0346. The van der Waals surface area contributed by atoms with Gasteiger partial charge in [-0.3, -0.25) is 9.48 Å². The molecule has 0 radical (unpaired) electrons. The van der Waals surface area contributed by atoms with Gasteiger partial charge in [0.2, 0.25) is 5.91 Å². The molecule has 104 valence electrons. The van der Waals surface area contributed by atoms with Crippen LogP contribution in [0.5, 0.6) is 0 Å². The van der Waals surface area contributed by atoms with Crippen molar-refractivity contribution in [3.05, 3.63) is 47.2 Å². The van der Waals surface area contributed by atoms with E-state index in [1.807, 2.05) is 0 Å². The van der Waals surface area contributed by atoms with E-state index >= 15 is 0 Å². The lowest BCUT2D eigenvalue weighted by atomic mass is 10.2. The Morgan fingerprint density at radius 3 is 2.80 bits per heavy atom. The summed E-state index contributed by atoms with van der Waals surface area (Å²) < 4.78 is 1.29. The third kappa shape index (κ3) is 3.16. The van der Waals surface area contributed by atoms with Crippen molar-refractivity contribution in [1.82, 2.24) is 9.78 Å². The molecule has 6 nitrogen and oxygen atoms in total. The zero-order valence-corrected chi connectivity index (χ0v) is 11.3. The first-order valence-electron chi connectivity index (χ1n) is 5.81. The second-order valence-electron chi connectivity index (χ2n) is 4.19. The molecule has 0 saturated heterocycles. The van der Waals surface area contributed by atoms with E-state index in [0.29, 0.717) is 10.7 Å². The van der Waals surface area contributed by atoms with Crippen LogP contribution in [-0.2, 0) is 4.79 Å². The van der Waals surface area contributed by atoms with Gasteiger partial charge in [-0.25, -0.2) is 4.79 Å². The number of carboxylic acids is 1. The molecule has 1 amide bonds. The Hall–Kier alpha value is -2.34. The molecule has 0 spiro atoms. The van der Waals surface area contributed by atoms with E-state index < -0.39 is 12.0 Å². The highest BCUT2D eigenvalue weighted by Gasteiger charge is 2.17. The van der Waals surface area contributed by atoms with Gasteiger partial charge in [-0.15, -0.1) is 0 Å². The quantitative estimate of drug-likeness (QED) is 0.907. The molecule has 7 heteroatoms. The maximum absolute atomic E-state index is 12.0. The highest BCUT2D eigenvalue weighted by molar-refractivity contribution is 6.30. The van der Waals surface area contributed by atoms with E-state index in [1.54, 1.807) is 31.2 Å². The fourth-order valence-electron chi connectivity index (χ4n) is 1.59. The molecule has 0 saturated carbocycles. The summed E-state index contributed by atoms with van der Waals surface area (Å²) in [5.41, 5.74) is 0.604. The number of hydrogen-bond donors (Lipinski definition) is 2. The van der Waals surface area contributed by atoms with Gasteiger partial charge in [0, 0.05) is 16.9 Å². The zero-order chi connectivity index (χ0) is 14.7. The van der Waals surface area contributed by atoms with Crippen LogP contribution in [0.15, 0.2) is 36.7 Å². The van der Waals surface area contributed by atoms with E-state index in [9.17, 15) is 9.59 Å². The predicted molar refractivity (Wildman–Crippen MR) is 74.0 cm³/mol. The Balaban J connectivity index is 2.10. The molecule has 1 atom stereocenters. The minimum atomic E-state index is -1.08. The number of carboxylic acid groups (broad SMARTS) is 1. The van der Waals surface area contributed by atoms with Crippen LogP contribution in [-0.4, -0.2) is 26.8 Å². The van der Waals surface area contributed by atoms with E-state index in [4.69, 9.17) is 16.7 Å². The Bertz CT molecular complexity index is 654. The van der Waals surface area contributed by atoms with Crippen molar-refractivity contribution in [2.24, 2.45) is 0 Å². The Morgan fingerprint density at radius 1 is 1.45 bits per heavy atom. The van der Waals surface area contributed by atoms with Crippen LogP contribution in [0, 0.1) is 0 Å². The lowest BCUT2D eigenvalue weighted by molar-refractivity contribution is -0.119. The minimum Gasteiger partial charge on any atom is -0.478 e. The number of halogens is 1. The molecular formula is C13H12ClN3O3. The number of rotatable bonds is 4. The lowest BCUT2D eigenvalue weighted by Crippen LogP contribution is -2.24. The maximum Gasteiger partial charge on any atom is 0.338 e. The molecule has 0 bridgehead atoms. The Labute approximate surface area is 120 Å².